The zero-order valence-electron chi connectivity index (χ0n) is 19.7. The Hall–Kier alpha value is -1.10. The third-order valence-electron chi connectivity index (χ3n) is 5.04. The van der Waals surface area contributed by atoms with Crippen LogP contribution in [0, 0.1) is 5.92 Å². The lowest BCUT2D eigenvalue weighted by molar-refractivity contribution is 0.186. The van der Waals surface area contributed by atoms with Crippen molar-refractivity contribution in [1.82, 2.24) is 9.03 Å². The molecule has 180 valence electrons. The number of sulfonamides is 1. The summed E-state index contributed by atoms with van der Waals surface area (Å²) in [7, 11) is -5.02. The van der Waals surface area contributed by atoms with E-state index in [2.05, 4.69) is 4.72 Å². The Balaban J connectivity index is 2.36. The van der Waals surface area contributed by atoms with E-state index in [1.54, 1.807) is 30.3 Å². The maximum absolute atomic E-state index is 13.5. The van der Waals surface area contributed by atoms with Crippen molar-refractivity contribution >= 4 is 32.3 Å². The molecule has 1 heterocycles. The molecule has 6 nitrogen and oxygen atoms in total. The monoisotopic (exact) mass is 500 g/mol. The molecule has 2 rings (SSSR count). The first-order valence-electron chi connectivity index (χ1n) is 10.8. The molecule has 2 N–H and O–H groups in total. The number of aliphatic hydroxyl groups excluding tert-OH is 1. The topological polar surface area (TPSA) is 86.7 Å². The number of thiophene rings is 1. The van der Waals surface area contributed by atoms with Crippen molar-refractivity contribution < 1.29 is 17.7 Å². The summed E-state index contributed by atoms with van der Waals surface area (Å²) >= 11 is 1.44. The number of hydrogen-bond acceptors (Lipinski definition) is 5. The smallest absolute Gasteiger partial charge is 0.243 e. The summed E-state index contributed by atoms with van der Waals surface area (Å²) in [6.45, 7) is 11.8. The first-order chi connectivity index (χ1) is 14.9. The third kappa shape index (κ3) is 6.95. The van der Waals surface area contributed by atoms with E-state index >= 15 is 0 Å². The molecule has 0 fully saturated rings. The Kier molecular flexibility index (Phi) is 9.63. The second kappa shape index (κ2) is 11.4. The van der Waals surface area contributed by atoms with Gasteiger partial charge < -0.3 is 5.11 Å². The van der Waals surface area contributed by atoms with E-state index in [4.69, 9.17) is 0 Å². The van der Waals surface area contributed by atoms with Crippen LogP contribution in [0.2, 0.25) is 0 Å². The van der Waals surface area contributed by atoms with Gasteiger partial charge in [0.05, 0.1) is 39.3 Å². The molecule has 0 aliphatic rings. The van der Waals surface area contributed by atoms with Crippen LogP contribution in [0.1, 0.15) is 69.8 Å². The Morgan fingerprint density at radius 1 is 1.06 bits per heavy atom. The van der Waals surface area contributed by atoms with Crippen LogP contribution < -0.4 is 4.72 Å². The molecular formula is C23H36N2O4S3. The van der Waals surface area contributed by atoms with E-state index in [-0.39, 0.29) is 22.3 Å². The van der Waals surface area contributed by atoms with Gasteiger partial charge in [0.1, 0.15) is 0 Å². The van der Waals surface area contributed by atoms with Crippen LogP contribution >= 0.6 is 11.3 Å². The van der Waals surface area contributed by atoms with E-state index in [0.29, 0.717) is 18.9 Å². The van der Waals surface area contributed by atoms with Gasteiger partial charge in [0, 0.05) is 16.3 Å². The maximum atomic E-state index is 13.5. The summed E-state index contributed by atoms with van der Waals surface area (Å²) in [6.07, 6.45) is 0.684. The molecule has 0 amide bonds. The minimum atomic E-state index is -3.79. The second-order valence-electron chi connectivity index (χ2n) is 9.27. The molecule has 1 aromatic heterocycles. The number of nitrogens with one attached hydrogen (secondary N) is 1. The molecule has 3 atom stereocenters. The summed E-state index contributed by atoms with van der Waals surface area (Å²) in [6, 6.07) is 11.3. The molecule has 1 aromatic carbocycles. The first-order valence-corrected chi connectivity index (χ1v) is 14.2. The van der Waals surface area contributed by atoms with Gasteiger partial charge in [0.2, 0.25) is 10.0 Å². The van der Waals surface area contributed by atoms with E-state index in [1.807, 2.05) is 53.7 Å². The first kappa shape index (κ1) is 27.1. The van der Waals surface area contributed by atoms with Crippen molar-refractivity contribution in [3.8, 4) is 0 Å². The van der Waals surface area contributed by atoms with Crippen molar-refractivity contribution in [2.45, 2.75) is 69.7 Å². The maximum Gasteiger partial charge on any atom is 0.243 e. The molecule has 0 saturated heterocycles. The normalized spacial score (nSPS) is 15.8. The summed E-state index contributed by atoms with van der Waals surface area (Å²) in [5, 5.41) is 10.3. The van der Waals surface area contributed by atoms with Crippen LogP contribution in [0.3, 0.4) is 0 Å². The summed E-state index contributed by atoms with van der Waals surface area (Å²) in [5.74, 6) is 0.318. The summed E-state index contributed by atoms with van der Waals surface area (Å²) in [4.78, 5) is 1.92. The molecule has 0 saturated carbocycles. The summed E-state index contributed by atoms with van der Waals surface area (Å²) < 4.78 is 43.6. The minimum Gasteiger partial charge on any atom is -0.394 e. The third-order valence-corrected chi connectivity index (χ3v) is 10.0. The van der Waals surface area contributed by atoms with Crippen LogP contribution in [-0.2, 0) is 21.0 Å². The Morgan fingerprint density at radius 3 is 2.19 bits per heavy atom. The van der Waals surface area contributed by atoms with Gasteiger partial charge in [0.25, 0.3) is 0 Å². The lowest BCUT2D eigenvalue weighted by Crippen LogP contribution is -2.37. The molecule has 0 aliphatic carbocycles. The Morgan fingerprint density at radius 2 is 1.66 bits per heavy atom. The zero-order chi connectivity index (χ0) is 24.1. The zero-order valence-corrected chi connectivity index (χ0v) is 22.2. The number of aliphatic hydroxyl groups is 1. The Labute approximate surface area is 199 Å². The van der Waals surface area contributed by atoms with Gasteiger partial charge in [-0.3, -0.25) is 0 Å². The fraction of sp³-hybridized carbons (Fsp3) is 0.565. The largest absolute Gasteiger partial charge is 0.394 e. The van der Waals surface area contributed by atoms with Crippen molar-refractivity contribution in [3.63, 3.8) is 0 Å². The van der Waals surface area contributed by atoms with Crippen LogP contribution in [0.4, 0.5) is 0 Å². The molecule has 9 heteroatoms. The lowest BCUT2D eigenvalue weighted by Gasteiger charge is -2.30. The van der Waals surface area contributed by atoms with Gasteiger partial charge in [-0.05, 0) is 64.3 Å². The highest BCUT2D eigenvalue weighted by Gasteiger charge is 2.33. The second-order valence-corrected chi connectivity index (χ2v) is 14.3. The van der Waals surface area contributed by atoms with Gasteiger partial charge in [-0.2, -0.15) is 4.31 Å². The summed E-state index contributed by atoms with van der Waals surface area (Å²) in [5.41, 5.74) is 0. The van der Waals surface area contributed by atoms with Crippen LogP contribution in [0.25, 0.3) is 0 Å². The number of hydrogen-bond donors (Lipinski definition) is 2. The molecule has 0 bridgehead atoms. The molecule has 2 aromatic rings. The minimum absolute atomic E-state index is 0.164. The van der Waals surface area contributed by atoms with Crippen LogP contribution in [0.15, 0.2) is 47.4 Å². The van der Waals surface area contributed by atoms with E-state index in [1.165, 1.54) is 15.6 Å². The van der Waals surface area contributed by atoms with Gasteiger partial charge in [0.15, 0.2) is 0 Å². The number of benzene rings is 1. The van der Waals surface area contributed by atoms with Gasteiger partial charge in [-0.15, -0.1) is 11.3 Å². The van der Waals surface area contributed by atoms with Crippen LogP contribution in [-0.4, -0.2) is 39.9 Å². The van der Waals surface area contributed by atoms with Gasteiger partial charge in [-0.1, -0.05) is 32.0 Å². The highest BCUT2D eigenvalue weighted by atomic mass is 32.2. The predicted octanol–water partition coefficient (Wildman–Crippen LogP) is 4.63. The molecule has 0 radical (unpaired) electrons. The molecule has 0 unspecified atom stereocenters. The average Bonchev–Trinajstić information content (AvgIpc) is 3.20. The molecule has 0 aliphatic heterocycles. The predicted molar refractivity (Wildman–Crippen MR) is 133 cm³/mol. The van der Waals surface area contributed by atoms with E-state index < -0.39 is 27.1 Å². The number of rotatable bonds is 11. The molecule has 32 heavy (non-hydrogen) atoms. The fourth-order valence-electron chi connectivity index (χ4n) is 3.06. The molecular weight excluding hydrogens is 464 g/mol. The van der Waals surface area contributed by atoms with Crippen LogP contribution in [0.5, 0.6) is 0 Å². The van der Waals surface area contributed by atoms with Crippen molar-refractivity contribution in [2.24, 2.45) is 5.92 Å². The SMILES string of the molecule is CC(C)CCN([C@H](CO)c1ccc([C@@H](C)N[S@@](=O)C(C)(C)C)s1)S(=O)(=O)c1ccccc1. The number of nitrogens with zero attached hydrogens (tertiary/aromatic N) is 1. The molecule has 0 spiro atoms. The van der Waals surface area contributed by atoms with E-state index in [9.17, 15) is 17.7 Å². The highest BCUT2D eigenvalue weighted by molar-refractivity contribution is 7.89. The quantitative estimate of drug-likeness (QED) is 0.471. The lowest BCUT2D eigenvalue weighted by atomic mass is 10.1. The van der Waals surface area contributed by atoms with Crippen molar-refractivity contribution in [2.75, 3.05) is 13.2 Å². The standard InChI is InChI=1S/C23H36N2O4S3/c1-17(2)14-15-25(32(28,29)19-10-8-7-9-11-19)20(16-26)22-13-12-21(30-22)18(3)24-31(27)23(4,5)6/h7-13,17-18,20,24,26H,14-16H2,1-6H3/t18-,20-,31+/m1/s1. The van der Waals surface area contributed by atoms with Crippen molar-refractivity contribution in [3.05, 3.63) is 52.2 Å². The fourth-order valence-corrected chi connectivity index (χ4v) is 6.75. The average molecular weight is 501 g/mol. The Bertz CT molecular complexity index is 982. The van der Waals surface area contributed by atoms with Gasteiger partial charge >= 0.3 is 0 Å². The van der Waals surface area contributed by atoms with Gasteiger partial charge in [-0.25, -0.2) is 17.3 Å². The van der Waals surface area contributed by atoms with Crippen molar-refractivity contribution in [1.29, 1.82) is 0 Å². The van der Waals surface area contributed by atoms with E-state index in [0.717, 1.165) is 9.75 Å². The highest BCUT2D eigenvalue weighted by Crippen LogP contribution is 2.34.